The van der Waals surface area contributed by atoms with Gasteiger partial charge in [-0.25, -0.2) is 22.4 Å². The van der Waals surface area contributed by atoms with Crippen LogP contribution in [0.2, 0.25) is 0 Å². The van der Waals surface area contributed by atoms with E-state index in [-0.39, 0.29) is 4.90 Å². The molecule has 3 aromatic heterocycles. The van der Waals surface area contributed by atoms with Crippen molar-refractivity contribution < 1.29 is 8.42 Å². The second kappa shape index (κ2) is 5.15. The van der Waals surface area contributed by atoms with Crippen LogP contribution in [0.25, 0.3) is 16.7 Å². The molecule has 0 amide bonds. The zero-order chi connectivity index (χ0) is 17.1. The standard InChI is InChI=1S/C16H13BrN4O2S/c1-10-3-5-12(6-4-10)24(22,23)21-8-7-13-16(21)19-11(2)14-15(17)18-9-20(13)14/h3-9H,1-2H3. The maximum atomic E-state index is 13.0. The van der Waals surface area contributed by atoms with Gasteiger partial charge in [-0.2, -0.15) is 0 Å². The van der Waals surface area contributed by atoms with E-state index in [4.69, 9.17) is 0 Å². The van der Waals surface area contributed by atoms with Crippen LogP contribution < -0.4 is 0 Å². The lowest BCUT2D eigenvalue weighted by molar-refractivity contribution is 0.588. The maximum Gasteiger partial charge on any atom is 0.269 e. The average molecular weight is 405 g/mol. The van der Waals surface area contributed by atoms with Gasteiger partial charge in [-0.3, -0.25) is 4.40 Å². The molecule has 3 heterocycles. The molecule has 4 aromatic rings. The predicted molar refractivity (Wildman–Crippen MR) is 94.7 cm³/mol. The first-order chi connectivity index (χ1) is 11.4. The number of fused-ring (bicyclic) bond motifs is 3. The SMILES string of the molecule is Cc1ccc(S(=O)(=O)n2ccc3c2nc(C)c2c(Br)ncn23)cc1. The highest BCUT2D eigenvalue weighted by molar-refractivity contribution is 9.10. The third-order valence-corrected chi connectivity index (χ3v) is 6.24. The lowest BCUT2D eigenvalue weighted by atomic mass is 10.2. The normalized spacial score (nSPS) is 12.3. The Kier molecular flexibility index (Phi) is 3.29. The quantitative estimate of drug-likeness (QED) is 0.513. The third kappa shape index (κ3) is 2.10. The molecule has 0 saturated heterocycles. The van der Waals surface area contributed by atoms with Gasteiger partial charge in [0.1, 0.15) is 16.4 Å². The van der Waals surface area contributed by atoms with Crippen LogP contribution in [-0.4, -0.2) is 26.8 Å². The highest BCUT2D eigenvalue weighted by Crippen LogP contribution is 2.26. The Morgan fingerprint density at radius 1 is 1.08 bits per heavy atom. The molecule has 8 heteroatoms. The van der Waals surface area contributed by atoms with E-state index in [0.717, 1.165) is 11.1 Å². The summed E-state index contributed by atoms with van der Waals surface area (Å²) in [6.07, 6.45) is 3.18. The van der Waals surface area contributed by atoms with Crippen molar-refractivity contribution in [2.24, 2.45) is 0 Å². The Labute approximate surface area is 147 Å². The minimum atomic E-state index is -3.71. The Morgan fingerprint density at radius 3 is 2.50 bits per heavy atom. The lowest BCUT2D eigenvalue weighted by Crippen LogP contribution is -2.13. The summed E-state index contributed by atoms with van der Waals surface area (Å²) in [5.41, 5.74) is 3.60. The Hall–Kier alpha value is -2.19. The van der Waals surface area contributed by atoms with E-state index >= 15 is 0 Å². The molecule has 0 spiro atoms. The molecule has 0 aliphatic rings. The van der Waals surface area contributed by atoms with Crippen molar-refractivity contribution in [2.45, 2.75) is 18.7 Å². The molecule has 0 saturated carbocycles. The van der Waals surface area contributed by atoms with Crippen molar-refractivity contribution in [3.05, 3.63) is 58.7 Å². The Balaban J connectivity index is 2.03. The molecule has 0 bridgehead atoms. The molecule has 0 aliphatic heterocycles. The molecular weight excluding hydrogens is 392 g/mol. The van der Waals surface area contributed by atoms with E-state index < -0.39 is 10.0 Å². The number of halogens is 1. The van der Waals surface area contributed by atoms with Crippen LogP contribution in [0.4, 0.5) is 0 Å². The van der Waals surface area contributed by atoms with Crippen molar-refractivity contribution >= 4 is 42.6 Å². The van der Waals surface area contributed by atoms with Gasteiger partial charge in [-0.15, -0.1) is 0 Å². The van der Waals surface area contributed by atoms with Gasteiger partial charge >= 0.3 is 0 Å². The molecule has 0 aliphatic carbocycles. The Morgan fingerprint density at radius 2 is 1.79 bits per heavy atom. The molecule has 6 nitrogen and oxygen atoms in total. The number of imidazole rings is 1. The van der Waals surface area contributed by atoms with E-state index in [1.54, 1.807) is 36.7 Å². The second-order valence-corrected chi connectivity index (χ2v) is 8.16. The number of aromatic nitrogens is 4. The number of aryl methyl sites for hydroxylation is 2. The summed E-state index contributed by atoms with van der Waals surface area (Å²) in [6, 6.07) is 8.50. The summed E-state index contributed by atoms with van der Waals surface area (Å²) < 4.78 is 29.7. The van der Waals surface area contributed by atoms with Crippen LogP contribution in [0.3, 0.4) is 0 Å². The van der Waals surface area contributed by atoms with E-state index in [1.807, 2.05) is 18.2 Å². The van der Waals surface area contributed by atoms with Gasteiger partial charge < -0.3 is 0 Å². The zero-order valence-corrected chi connectivity index (χ0v) is 15.3. The first kappa shape index (κ1) is 15.3. The van der Waals surface area contributed by atoms with Crippen molar-refractivity contribution in [2.75, 3.05) is 0 Å². The minimum Gasteiger partial charge on any atom is -0.293 e. The fourth-order valence-electron chi connectivity index (χ4n) is 2.75. The van der Waals surface area contributed by atoms with Crippen LogP contribution >= 0.6 is 15.9 Å². The van der Waals surface area contributed by atoms with E-state index in [9.17, 15) is 8.42 Å². The average Bonchev–Trinajstić information content (AvgIpc) is 3.12. The fourth-order valence-corrected chi connectivity index (χ4v) is 4.61. The molecule has 0 atom stereocenters. The molecule has 0 unspecified atom stereocenters. The van der Waals surface area contributed by atoms with Gasteiger partial charge in [0.05, 0.1) is 16.1 Å². The highest BCUT2D eigenvalue weighted by Gasteiger charge is 2.21. The topological polar surface area (TPSA) is 69.3 Å². The molecule has 122 valence electrons. The summed E-state index contributed by atoms with van der Waals surface area (Å²) in [5.74, 6) is 0. The molecule has 4 rings (SSSR count). The first-order valence-corrected chi connectivity index (χ1v) is 9.45. The second-order valence-electron chi connectivity index (χ2n) is 5.59. The highest BCUT2D eigenvalue weighted by atomic mass is 79.9. The van der Waals surface area contributed by atoms with Crippen molar-refractivity contribution in [1.29, 1.82) is 0 Å². The van der Waals surface area contributed by atoms with Gasteiger partial charge in [-0.1, -0.05) is 17.7 Å². The summed E-state index contributed by atoms with van der Waals surface area (Å²) >= 11 is 3.40. The van der Waals surface area contributed by atoms with Gasteiger partial charge in [-0.05, 0) is 48.0 Å². The Bertz CT molecular complexity index is 1190. The van der Waals surface area contributed by atoms with Crippen molar-refractivity contribution in [3.8, 4) is 0 Å². The molecule has 24 heavy (non-hydrogen) atoms. The van der Waals surface area contributed by atoms with Crippen LogP contribution in [-0.2, 0) is 10.0 Å². The predicted octanol–water partition coefficient (Wildman–Crippen LogP) is 3.30. The monoisotopic (exact) mass is 404 g/mol. The van der Waals surface area contributed by atoms with Crippen LogP contribution in [0.15, 0.2) is 52.4 Å². The molecule has 0 radical (unpaired) electrons. The van der Waals surface area contributed by atoms with Gasteiger partial charge in [0, 0.05) is 6.20 Å². The fraction of sp³-hybridized carbons (Fsp3) is 0.125. The lowest BCUT2D eigenvalue weighted by Gasteiger charge is -2.08. The third-order valence-electron chi connectivity index (χ3n) is 3.98. The summed E-state index contributed by atoms with van der Waals surface area (Å²) in [5, 5.41) is 0. The maximum absolute atomic E-state index is 13.0. The molecule has 0 N–H and O–H groups in total. The molecule has 1 aromatic carbocycles. The van der Waals surface area contributed by atoms with Crippen LogP contribution in [0, 0.1) is 13.8 Å². The van der Waals surface area contributed by atoms with E-state index in [0.29, 0.717) is 21.5 Å². The largest absolute Gasteiger partial charge is 0.293 e. The van der Waals surface area contributed by atoms with Gasteiger partial charge in [0.25, 0.3) is 10.0 Å². The van der Waals surface area contributed by atoms with Crippen LogP contribution in [0.5, 0.6) is 0 Å². The van der Waals surface area contributed by atoms with E-state index in [1.165, 1.54) is 10.2 Å². The zero-order valence-electron chi connectivity index (χ0n) is 12.9. The number of hydrogen-bond donors (Lipinski definition) is 0. The van der Waals surface area contributed by atoms with E-state index in [2.05, 4.69) is 25.9 Å². The first-order valence-electron chi connectivity index (χ1n) is 7.22. The number of nitrogens with zero attached hydrogens (tertiary/aromatic N) is 4. The van der Waals surface area contributed by atoms with Crippen LogP contribution in [0.1, 0.15) is 11.3 Å². The van der Waals surface area contributed by atoms with Crippen molar-refractivity contribution in [1.82, 2.24) is 18.3 Å². The minimum absolute atomic E-state index is 0.233. The number of benzene rings is 1. The number of rotatable bonds is 2. The number of hydrogen-bond acceptors (Lipinski definition) is 4. The molecule has 0 fully saturated rings. The van der Waals surface area contributed by atoms with Crippen molar-refractivity contribution in [3.63, 3.8) is 0 Å². The summed E-state index contributed by atoms with van der Waals surface area (Å²) in [4.78, 5) is 8.96. The smallest absolute Gasteiger partial charge is 0.269 e. The summed E-state index contributed by atoms with van der Waals surface area (Å²) in [7, 11) is -3.71. The summed E-state index contributed by atoms with van der Waals surface area (Å²) in [6.45, 7) is 3.75. The molecular formula is C16H13BrN4O2S. The van der Waals surface area contributed by atoms with Gasteiger partial charge in [0.15, 0.2) is 5.65 Å². The van der Waals surface area contributed by atoms with Gasteiger partial charge in [0.2, 0.25) is 0 Å².